The molecule has 0 spiro atoms. The number of carboxylic acids is 2. The van der Waals surface area contributed by atoms with Crippen molar-refractivity contribution in [1.82, 2.24) is 4.57 Å². The normalized spacial score (nSPS) is 14.7. The minimum atomic E-state index is -1.18. The number of aromatic carboxylic acids is 2. The number of benzene rings is 5. The lowest BCUT2D eigenvalue weighted by Crippen LogP contribution is -2.27. The second-order valence-corrected chi connectivity index (χ2v) is 12.0. The first-order valence-corrected chi connectivity index (χ1v) is 15.4. The van der Waals surface area contributed by atoms with Crippen LogP contribution in [0.5, 0.6) is 0 Å². The summed E-state index contributed by atoms with van der Waals surface area (Å²) in [6, 6.07) is 41.9. The van der Waals surface area contributed by atoms with Crippen LogP contribution in [0.3, 0.4) is 0 Å². The Bertz CT molecular complexity index is 2010. The van der Waals surface area contributed by atoms with Crippen molar-refractivity contribution in [3.05, 3.63) is 172 Å². The highest BCUT2D eigenvalue weighted by Crippen LogP contribution is 2.61. The molecule has 4 N–H and O–H groups in total. The summed E-state index contributed by atoms with van der Waals surface area (Å²) in [5, 5.41) is 20.1. The molecule has 1 heterocycles. The van der Waals surface area contributed by atoms with Gasteiger partial charge in [0.2, 0.25) is 0 Å². The van der Waals surface area contributed by atoms with Crippen LogP contribution in [0.2, 0.25) is 0 Å². The first-order chi connectivity index (χ1) is 22.8. The Labute approximate surface area is 277 Å². The summed E-state index contributed by atoms with van der Waals surface area (Å²) in [5.74, 6) is -2.28. The number of aromatic nitrogens is 1. The zero-order valence-corrected chi connectivity index (χ0v) is 26.3. The number of carboxylic acid groups (broad SMARTS) is 2. The maximum Gasteiger partial charge on any atom is 0.335 e. The van der Waals surface area contributed by atoms with E-state index in [0.717, 1.165) is 22.5 Å². The molecule has 2 bridgehead atoms. The summed E-state index contributed by atoms with van der Waals surface area (Å²) in [7, 11) is 0. The molecule has 9 rings (SSSR count). The molecule has 0 radical (unpaired) electrons. The van der Waals surface area contributed by atoms with Crippen LogP contribution in [-0.4, -0.2) is 38.0 Å². The summed E-state index contributed by atoms with van der Waals surface area (Å²) in [6.45, 7) is 3.06. The third-order valence-corrected chi connectivity index (χ3v) is 8.83. The number of Topliss-reactive ketones (excluding diaryl/α,β-unsaturated/α-hetero) is 1. The molecule has 7 nitrogen and oxygen atoms in total. The van der Waals surface area contributed by atoms with E-state index in [1.165, 1.54) is 53.3 Å². The van der Waals surface area contributed by atoms with Crippen LogP contribution in [0.15, 0.2) is 127 Å². The van der Waals surface area contributed by atoms with Crippen molar-refractivity contribution in [2.75, 3.05) is 0 Å². The van der Waals surface area contributed by atoms with Crippen molar-refractivity contribution in [3.63, 3.8) is 0 Å². The Morgan fingerprint density at radius 3 is 1.15 bits per heavy atom. The fourth-order valence-corrected chi connectivity index (χ4v) is 7.23. The summed E-state index contributed by atoms with van der Waals surface area (Å²) >= 11 is 0. The number of carbonyl (C=O) groups is 3. The SMILES string of the molecule is CC(C)=O.O.O=C(O)c1cc(C(=O)O)cc(-n2c(-c3ccccc3)c3c(c2-c2ccccc2)C2c4ccccc4C3c3ccccc32)c1. The molecule has 0 amide bonds. The number of nitrogens with zero attached hydrogens (tertiary/aromatic N) is 1. The predicted octanol–water partition coefficient (Wildman–Crippen LogP) is 7.97. The van der Waals surface area contributed by atoms with Crippen molar-refractivity contribution < 1.29 is 30.1 Å². The van der Waals surface area contributed by atoms with Gasteiger partial charge >= 0.3 is 11.9 Å². The van der Waals surface area contributed by atoms with Gasteiger partial charge in [-0.15, -0.1) is 0 Å². The molecule has 3 aliphatic carbocycles. The molecule has 0 unspecified atom stereocenters. The van der Waals surface area contributed by atoms with Crippen LogP contribution in [0.1, 0.15) is 79.8 Å². The highest BCUT2D eigenvalue weighted by Gasteiger charge is 2.46. The highest BCUT2D eigenvalue weighted by molar-refractivity contribution is 5.96. The van der Waals surface area contributed by atoms with Crippen LogP contribution >= 0.6 is 0 Å². The molecule has 0 saturated heterocycles. The number of hydrogen-bond donors (Lipinski definition) is 2. The maximum absolute atomic E-state index is 12.3. The maximum atomic E-state index is 12.3. The minimum absolute atomic E-state index is 0. The van der Waals surface area contributed by atoms with E-state index < -0.39 is 11.9 Å². The van der Waals surface area contributed by atoms with Crippen molar-refractivity contribution >= 4 is 17.7 Å². The van der Waals surface area contributed by atoms with Gasteiger partial charge in [0.05, 0.1) is 22.5 Å². The average molecular weight is 636 g/mol. The zero-order valence-electron chi connectivity index (χ0n) is 26.3. The van der Waals surface area contributed by atoms with Gasteiger partial charge in [-0.05, 0) is 76.6 Å². The number of carbonyl (C=O) groups excluding carboxylic acids is 1. The lowest BCUT2D eigenvalue weighted by molar-refractivity contribution is -0.115. The molecule has 5 aromatic carbocycles. The standard InChI is InChI=1S/C38H25NO4.C3H6O.H2O/c40-37(41)24-19-25(38(42)43)21-26(20-24)39-35(22-11-3-1-4-12-22)33-31-27-15-7-9-17-29(27)32(30-18-10-8-16-28(30)31)34(33)36(39)23-13-5-2-6-14-23;1-3(2)4;/h1-21,31-32H,(H,40,41)(H,42,43);1-2H3;1H2. The summed E-state index contributed by atoms with van der Waals surface area (Å²) in [5.41, 5.74) is 11.6. The summed E-state index contributed by atoms with van der Waals surface area (Å²) < 4.78 is 2.10. The summed E-state index contributed by atoms with van der Waals surface area (Å²) in [6.07, 6.45) is 0. The van der Waals surface area contributed by atoms with E-state index >= 15 is 0 Å². The van der Waals surface area contributed by atoms with Crippen LogP contribution < -0.4 is 0 Å². The summed E-state index contributed by atoms with van der Waals surface area (Å²) in [4.78, 5) is 34.0. The average Bonchev–Trinajstić information content (AvgIpc) is 3.45. The van der Waals surface area contributed by atoms with E-state index in [0.29, 0.717) is 5.69 Å². The zero-order chi connectivity index (χ0) is 32.8. The molecule has 0 atom stereocenters. The fourth-order valence-electron chi connectivity index (χ4n) is 7.23. The van der Waals surface area contributed by atoms with Gasteiger partial charge in [0.25, 0.3) is 0 Å². The molecule has 7 heteroatoms. The minimum Gasteiger partial charge on any atom is -0.478 e. The van der Waals surface area contributed by atoms with Crippen LogP contribution in [0, 0.1) is 0 Å². The first kappa shape index (κ1) is 31.9. The second kappa shape index (κ2) is 12.6. The van der Waals surface area contributed by atoms with Crippen LogP contribution in [0.4, 0.5) is 0 Å². The van der Waals surface area contributed by atoms with Gasteiger partial charge in [0, 0.05) is 17.5 Å². The molecule has 0 saturated carbocycles. The highest BCUT2D eigenvalue weighted by atomic mass is 16.4. The molecule has 0 aliphatic heterocycles. The smallest absolute Gasteiger partial charge is 0.335 e. The Morgan fingerprint density at radius 1 is 0.521 bits per heavy atom. The van der Waals surface area contributed by atoms with Crippen molar-refractivity contribution in [1.29, 1.82) is 0 Å². The molecule has 0 fully saturated rings. The Morgan fingerprint density at radius 2 is 0.833 bits per heavy atom. The van der Waals surface area contributed by atoms with E-state index in [-0.39, 0.29) is 34.2 Å². The van der Waals surface area contributed by atoms with Gasteiger partial charge in [0.15, 0.2) is 0 Å². The third-order valence-electron chi connectivity index (χ3n) is 8.83. The third kappa shape index (κ3) is 5.20. The van der Waals surface area contributed by atoms with Gasteiger partial charge < -0.3 is 25.1 Å². The topological polar surface area (TPSA) is 128 Å². The fraction of sp³-hybridized carbons (Fsp3) is 0.0976. The largest absolute Gasteiger partial charge is 0.478 e. The first-order valence-electron chi connectivity index (χ1n) is 15.4. The number of rotatable bonds is 5. The van der Waals surface area contributed by atoms with Gasteiger partial charge in [-0.25, -0.2) is 9.59 Å². The van der Waals surface area contributed by atoms with Gasteiger partial charge in [-0.3, -0.25) is 0 Å². The Kier molecular flexibility index (Phi) is 8.39. The van der Waals surface area contributed by atoms with Gasteiger partial charge in [0.1, 0.15) is 5.78 Å². The monoisotopic (exact) mass is 635 g/mol. The van der Waals surface area contributed by atoms with E-state index in [2.05, 4.69) is 77.4 Å². The van der Waals surface area contributed by atoms with Crippen molar-refractivity contribution in [3.8, 4) is 28.2 Å². The van der Waals surface area contributed by atoms with Gasteiger partial charge in [-0.1, -0.05) is 109 Å². The van der Waals surface area contributed by atoms with E-state index in [1.807, 2.05) is 36.4 Å². The molecule has 238 valence electrons. The molecular formula is C41H33NO6. The van der Waals surface area contributed by atoms with Crippen molar-refractivity contribution in [2.45, 2.75) is 25.7 Å². The lowest BCUT2D eigenvalue weighted by Gasteiger charge is -2.41. The molecular weight excluding hydrogens is 602 g/mol. The number of ketones is 1. The quantitative estimate of drug-likeness (QED) is 0.198. The van der Waals surface area contributed by atoms with Gasteiger partial charge in [-0.2, -0.15) is 0 Å². The Balaban J connectivity index is 0.000000762. The van der Waals surface area contributed by atoms with E-state index in [4.69, 9.17) is 0 Å². The van der Waals surface area contributed by atoms with Crippen LogP contribution in [0.25, 0.3) is 28.2 Å². The second-order valence-electron chi connectivity index (χ2n) is 12.0. The molecule has 1 aromatic heterocycles. The van der Waals surface area contributed by atoms with Crippen LogP contribution in [-0.2, 0) is 4.79 Å². The Hall–Kier alpha value is -6.05. The molecule has 6 aromatic rings. The number of hydrogen-bond acceptors (Lipinski definition) is 3. The van der Waals surface area contributed by atoms with E-state index in [1.54, 1.807) is 12.1 Å². The van der Waals surface area contributed by atoms with E-state index in [9.17, 15) is 24.6 Å². The van der Waals surface area contributed by atoms with Crippen molar-refractivity contribution in [2.24, 2.45) is 0 Å². The lowest BCUT2D eigenvalue weighted by atomic mass is 9.61. The predicted molar refractivity (Wildman–Crippen MR) is 185 cm³/mol. The molecule has 48 heavy (non-hydrogen) atoms. The molecule has 3 aliphatic rings.